The van der Waals surface area contributed by atoms with Gasteiger partial charge in [0.2, 0.25) is 0 Å². The van der Waals surface area contributed by atoms with E-state index in [0.717, 1.165) is 48.6 Å². The molecule has 32 heavy (non-hydrogen) atoms. The number of piperazine rings is 1. The third-order valence-electron chi connectivity index (χ3n) is 5.65. The second kappa shape index (κ2) is 8.61. The van der Waals surface area contributed by atoms with E-state index >= 15 is 0 Å². The van der Waals surface area contributed by atoms with Crippen LogP contribution < -0.4 is 15.5 Å². The molecule has 1 saturated heterocycles. The van der Waals surface area contributed by atoms with Gasteiger partial charge in [0.05, 0.1) is 6.20 Å². The fourth-order valence-electron chi connectivity index (χ4n) is 4.04. The fraction of sp³-hybridized carbons (Fsp3) is 0.208. The van der Waals surface area contributed by atoms with Crippen LogP contribution in [0.5, 0.6) is 0 Å². The first-order valence-corrected chi connectivity index (χ1v) is 10.9. The standard InChI is InChI=1S/C24H23ClN6O/c1-16-13-19(5-6-22(16)30-11-8-26-9-12-30)28-24(32)21-7-10-31-23(29-21)20(15-27-31)17-3-2-4-18(25)14-17/h2-7,10,13-15,26H,8-9,11-12H2,1H3,(H,28,32). The highest BCUT2D eigenvalue weighted by molar-refractivity contribution is 6.30. The minimum atomic E-state index is -0.264. The maximum Gasteiger partial charge on any atom is 0.274 e. The van der Waals surface area contributed by atoms with Crippen LogP contribution in [0.4, 0.5) is 11.4 Å². The van der Waals surface area contributed by atoms with Crippen LogP contribution in [-0.2, 0) is 0 Å². The van der Waals surface area contributed by atoms with Gasteiger partial charge in [0.15, 0.2) is 5.65 Å². The second-order valence-electron chi connectivity index (χ2n) is 7.84. The Hall–Kier alpha value is -3.42. The van der Waals surface area contributed by atoms with E-state index in [4.69, 9.17) is 11.6 Å². The molecule has 0 bridgehead atoms. The van der Waals surface area contributed by atoms with Crippen molar-refractivity contribution < 1.29 is 4.79 Å². The summed E-state index contributed by atoms with van der Waals surface area (Å²) in [5.74, 6) is -0.264. The van der Waals surface area contributed by atoms with Gasteiger partial charge in [0.25, 0.3) is 5.91 Å². The first-order valence-electron chi connectivity index (χ1n) is 10.6. The molecule has 5 rings (SSSR count). The maximum atomic E-state index is 12.9. The Balaban J connectivity index is 1.39. The quantitative estimate of drug-likeness (QED) is 0.495. The summed E-state index contributed by atoms with van der Waals surface area (Å²) in [7, 11) is 0. The third kappa shape index (κ3) is 4.04. The van der Waals surface area contributed by atoms with E-state index in [-0.39, 0.29) is 5.91 Å². The zero-order valence-electron chi connectivity index (χ0n) is 17.7. The molecule has 8 heteroatoms. The van der Waals surface area contributed by atoms with Crippen molar-refractivity contribution in [1.29, 1.82) is 0 Å². The number of halogens is 1. The number of hydrogen-bond donors (Lipinski definition) is 2. The molecular formula is C24H23ClN6O. The molecule has 162 valence electrons. The molecule has 0 atom stereocenters. The molecular weight excluding hydrogens is 424 g/mol. The second-order valence-corrected chi connectivity index (χ2v) is 8.28. The van der Waals surface area contributed by atoms with Gasteiger partial charge in [-0.05, 0) is 54.4 Å². The lowest BCUT2D eigenvalue weighted by Gasteiger charge is -2.30. The van der Waals surface area contributed by atoms with Crippen molar-refractivity contribution in [1.82, 2.24) is 19.9 Å². The van der Waals surface area contributed by atoms with Gasteiger partial charge in [0.1, 0.15) is 5.69 Å². The minimum Gasteiger partial charge on any atom is -0.369 e. The van der Waals surface area contributed by atoms with Crippen LogP contribution in [0.1, 0.15) is 16.1 Å². The molecule has 0 radical (unpaired) electrons. The molecule has 1 aliphatic heterocycles. The lowest BCUT2D eigenvalue weighted by molar-refractivity contribution is 0.102. The van der Waals surface area contributed by atoms with E-state index in [1.807, 2.05) is 36.4 Å². The van der Waals surface area contributed by atoms with Gasteiger partial charge >= 0.3 is 0 Å². The number of rotatable bonds is 4. The number of aryl methyl sites for hydroxylation is 1. The molecule has 3 heterocycles. The molecule has 4 aromatic rings. The highest BCUT2D eigenvalue weighted by Gasteiger charge is 2.16. The lowest BCUT2D eigenvalue weighted by atomic mass is 10.1. The fourth-order valence-corrected chi connectivity index (χ4v) is 4.23. The number of fused-ring (bicyclic) bond motifs is 1. The van der Waals surface area contributed by atoms with Gasteiger partial charge in [-0.3, -0.25) is 4.79 Å². The summed E-state index contributed by atoms with van der Waals surface area (Å²) in [6, 6.07) is 15.2. The van der Waals surface area contributed by atoms with Gasteiger partial charge in [-0.15, -0.1) is 0 Å². The molecule has 1 aliphatic rings. The van der Waals surface area contributed by atoms with E-state index in [2.05, 4.69) is 38.6 Å². The normalized spacial score (nSPS) is 14.0. The van der Waals surface area contributed by atoms with E-state index in [0.29, 0.717) is 16.4 Å². The topological polar surface area (TPSA) is 74.6 Å². The zero-order valence-corrected chi connectivity index (χ0v) is 18.4. The maximum absolute atomic E-state index is 12.9. The van der Waals surface area contributed by atoms with Crippen LogP contribution >= 0.6 is 11.6 Å². The van der Waals surface area contributed by atoms with E-state index in [1.54, 1.807) is 23.0 Å². The number of anilines is 2. The van der Waals surface area contributed by atoms with Gasteiger partial charge in [-0.1, -0.05) is 23.7 Å². The average Bonchev–Trinajstić information content (AvgIpc) is 3.23. The molecule has 0 unspecified atom stereocenters. The summed E-state index contributed by atoms with van der Waals surface area (Å²) >= 11 is 6.14. The van der Waals surface area contributed by atoms with Crippen molar-refractivity contribution >= 4 is 34.5 Å². The van der Waals surface area contributed by atoms with Crippen LogP contribution in [0.2, 0.25) is 5.02 Å². The average molecular weight is 447 g/mol. The van der Waals surface area contributed by atoms with Crippen molar-refractivity contribution in [3.8, 4) is 11.1 Å². The minimum absolute atomic E-state index is 0.264. The molecule has 2 aromatic heterocycles. The van der Waals surface area contributed by atoms with Gasteiger partial charge in [-0.2, -0.15) is 5.10 Å². The Morgan fingerprint density at radius 2 is 1.97 bits per heavy atom. The Labute approximate surface area is 191 Å². The van der Waals surface area contributed by atoms with Crippen molar-refractivity contribution in [2.75, 3.05) is 36.4 Å². The Morgan fingerprint density at radius 1 is 1.12 bits per heavy atom. The Kier molecular flexibility index (Phi) is 5.51. The van der Waals surface area contributed by atoms with E-state index < -0.39 is 0 Å². The van der Waals surface area contributed by atoms with Crippen LogP contribution in [0.3, 0.4) is 0 Å². The first kappa shape index (κ1) is 20.5. The zero-order chi connectivity index (χ0) is 22.1. The van der Waals surface area contributed by atoms with E-state index in [9.17, 15) is 4.79 Å². The molecule has 0 saturated carbocycles. The lowest BCUT2D eigenvalue weighted by Crippen LogP contribution is -2.43. The molecule has 1 amide bonds. The Bertz CT molecular complexity index is 1290. The third-order valence-corrected chi connectivity index (χ3v) is 5.88. The van der Waals surface area contributed by atoms with Gasteiger partial charge in [-0.25, -0.2) is 9.50 Å². The number of nitrogens with zero attached hydrogens (tertiary/aromatic N) is 4. The summed E-state index contributed by atoms with van der Waals surface area (Å²) in [4.78, 5) is 19.9. The molecule has 0 aliphatic carbocycles. The summed E-state index contributed by atoms with van der Waals surface area (Å²) in [6.07, 6.45) is 3.47. The van der Waals surface area contributed by atoms with Crippen LogP contribution in [0.25, 0.3) is 16.8 Å². The largest absolute Gasteiger partial charge is 0.369 e. The van der Waals surface area contributed by atoms with Crippen LogP contribution in [0.15, 0.2) is 60.9 Å². The van der Waals surface area contributed by atoms with Crippen molar-refractivity contribution in [2.45, 2.75) is 6.92 Å². The summed E-state index contributed by atoms with van der Waals surface area (Å²) in [6.45, 7) is 6.00. The number of aromatic nitrogens is 3. The molecule has 7 nitrogen and oxygen atoms in total. The SMILES string of the molecule is Cc1cc(NC(=O)c2ccn3ncc(-c4cccc(Cl)c4)c3n2)ccc1N1CCNCC1. The van der Waals surface area contributed by atoms with E-state index in [1.165, 1.54) is 5.69 Å². The Morgan fingerprint density at radius 3 is 2.75 bits per heavy atom. The molecule has 0 spiro atoms. The number of benzene rings is 2. The smallest absolute Gasteiger partial charge is 0.274 e. The van der Waals surface area contributed by atoms with Crippen molar-refractivity contribution in [3.05, 3.63) is 77.2 Å². The van der Waals surface area contributed by atoms with Gasteiger partial charge in [0, 0.05) is 54.3 Å². The summed E-state index contributed by atoms with van der Waals surface area (Å²) in [5.41, 5.74) is 5.73. The highest BCUT2D eigenvalue weighted by Crippen LogP contribution is 2.27. The molecule has 2 aromatic carbocycles. The van der Waals surface area contributed by atoms with Crippen LogP contribution in [0, 0.1) is 6.92 Å². The summed E-state index contributed by atoms with van der Waals surface area (Å²) in [5, 5.41) is 11.3. The monoisotopic (exact) mass is 446 g/mol. The van der Waals surface area contributed by atoms with Crippen molar-refractivity contribution in [3.63, 3.8) is 0 Å². The number of hydrogen-bond acceptors (Lipinski definition) is 5. The van der Waals surface area contributed by atoms with Crippen LogP contribution in [-0.4, -0.2) is 46.7 Å². The van der Waals surface area contributed by atoms with Gasteiger partial charge < -0.3 is 15.5 Å². The predicted octanol–water partition coefficient (Wildman–Crippen LogP) is 4.02. The van der Waals surface area contributed by atoms with Crippen molar-refractivity contribution in [2.24, 2.45) is 0 Å². The first-order chi connectivity index (χ1) is 15.6. The molecule has 2 N–H and O–H groups in total. The summed E-state index contributed by atoms with van der Waals surface area (Å²) < 4.78 is 1.65. The number of nitrogens with one attached hydrogen (secondary N) is 2. The highest BCUT2D eigenvalue weighted by atomic mass is 35.5. The number of carbonyl (C=O) groups excluding carboxylic acids is 1. The number of amides is 1. The molecule has 1 fully saturated rings. The predicted molar refractivity (Wildman–Crippen MR) is 128 cm³/mol. The number of carbonyl (C=O) groups is 1.